The molecule has 0 aromatic heterocycles. The summed E-state index contributed by atoms with van der Waals surface area (Å²) in [6, 6.07) is 16.5. The Morgan fingerprint density at radius 1 is 1.12 bits per heavy atom. The molecule has 4 nitrogen and oxygen atoms in total. The van der Waals surface area contributed by atoms with Gasteiger partial charge < -0.3 is 10.1 Å². The van der Waals surface area contributed by atoms with Gasteiger partial charge in [-0.1, -0.05) is 36.4 Å². The average Bonchev–Trinajstić information content (AvgIpc) is 3.19. The number of carbonyl (C=O) groups is 1. The van der Waals surface area contributed by atoms with Crippen molar-refractivity contribution >= 4 is 5.91 Å². The average molecular weight is 352 g/mol. The zero-order valence-corrected chi connectivity index (χ0v) is 15.7. The van der Waals surface area contributed by atoms with Gasteiger partial charge >= 0.3 is 0 Å². The Kier molecular flexibility index (Phi) is 6.29. The molecule has 0 aliphatic carbocycles. The fraction of sp³-hybridized carbons (Fsp3) is 0.409. The van der Waals surface area contributed by atoms with Crippen LogP contribution in [0.2, 0.25) is 0 Å². The maximum atomic E-state index is 12.5. The maximum absolute atomic E-state index is 12.5. The van der Waals surface area contributed by atoms with Crippen LogP contribution in [0.25, 0.3) is 0 Å². The van der Waals surface area contributed by atoms with E-state index in [0.29, 0.717) is 13.0 Å². The molecule has 3 rings (SSSR count). The zero-order chi connectivity index (χ0) is 18.4. The summed E-state index contributed by atoms with van der Waals surface area (Å²) in [7, 11) is 1.68. The first-order chi connectivity index (χ1) is 12.7. The molecular weight excluding hydrogens is 324 g/mol. The van der Waals surface area contributed by atoms with Gasteiger partial charge in [0.1, 0.15) is 5.75 Å². The molecule has 0 spiro atoms. The lowest BCUT2D eigenvalue weighted by Gasteiger charge is -2.28. The van der Waals surface area contributed by atoms with E-state index in [4.69, 9.17) is 4.74 Å². The highest BCUT2D eigenvalue weighted by Gasteiger charge is 2.24. The molecule has 2 aromatic rings. The minimum Gasteiger partial charge on any atom is -0.497 e. The lowest BCUT2D eigenvalue weighted by molar-refractivity contribution is -0.120. The van der Waals surface area contributed by atoms with Crippen LogP contribution >= 0.6 is 0 Å². The fourth-order valence-corrected chi connectivity index (χ4v) is 3.59. The van der Waals surface area contributed by atoms with Crippen molar-refractivity contribution in [3.63, 3.8) is 0 Å². The molecule has 1 aliphatic rings. The molecule has 0 saturated carbocycles. The molecule has 26 heavy (non-hydrogen) atoms. The second-order valence-corrected chi connectivity index (χ2v) is 6.94. The molecule has 4 heteroatoms. The van der Waals surface area contributed by atoms with Crippen molar-refractivity contribution < 1.29 is 9.53 Å². The molecule has 1 amide bonds. The van der Waals surface area contributed by atoms with Crippen molar-refractivity contribution in [1.29, 1.82) is 0 Å². The topological polar surface area (TPSA) is 41.6 Å². The van der Waals surface area contributed by atoms with Crippen LogP contribution in [0, 0.1) is 6.92 Å². The number of ether oxygens (including phenoxy) is 1. The van der Waals surface area contributed by atoms with Gasteiger partial charge in [-0.25, -0.2) is 0 Å². The van der Waals surface area contributed by atoms with Gasteiger partial charge in [-0.05, 0) is 61.7 Å². The van der Waals surface area contributed by atoms with Crippen molar-refractivity contribution in [3.8, 4) is 5.75 Å². The molecule has 0 radical (unpaired) electrons. The van der Waals surface area contributed by atoms with E-state index < -0.39 is 0 Å². The number of nitrogens with zero attached hydrogens (tertiary/aromatic N) is 1. The summed E-state index contributed by atoms with van der Waals surface area (Å²) in [5.74, 6) is 0.939. The van der Waals surface area contributed by atoms with Crippen LogP contribution in [0.4, 0.5) is 0 Å². The lowest BCUT2D eigenvalue weighted by Crippen LogP contribution is -2.37. The molecule has 1 saturated heterocycles. The van der Waals surface area contributed by atoms with E-state index in [1.54, 1.807) is 7.11 Å². The van der Waals surface area contributed by atoms with Crippen LogP contribution < -0.4 is 10.1 Å². The van der Waals surface area contributed by atoms with Crippen molar-refractivity contribution in [2.24, 2.45) is 0 Å². The van der Waals surface area contributed by atoms with Crippen LogP contribution in [0.15, 0.2) is 48.5 Å². The summed E-state index contributed by atoms with van der Waals surface area (Å²) in [5, 5.41) is 3.15. The van der Waals surface area contributed by atoms with Crippen molar-refractivity contribution in [2.45, 2.75) is 32.2 Å². The quantitative estimate of drug-likeness (QED) is 0.829. The zero-order valence-electron chi connectivity index (χ0n) is 15.7. The smallest absolute Gasteiger partial charge is 0.224 e. The van der Waals surface area contributed by atoms with Gasteiger partial charge in [0.2, 0.25) is 5.91 Å². The van der Waals surface area contributed by atoms with Crippen molar-refractivity contribution in [2.75, 3.05) is 26.7 Å². The lowest BCUT2D eigenvalue weighted by atomic mass is 10.0. The summed E-state index contributed by atoms with van der Waals surface area (Å²) < 4.78 is 5.27. The van der Waals surface area contributed by atoms with Gasteiger partial charge in [0.15, 0.2) is 0 Å². The largest absolute Gasteiger partial charge is 0.497 e. The molecule has 138 valence electrons. The Labute approximate surface area is 156 Å². The van der Waals surface area contributed by atoms with Crippen molar-refractivity contribution in [1.82, 2.24) is 10.2 Å². The van der Waals surface area contributed by atoms with Gasteiger partial charge in [0, 0.05) is 6.54 Å². The minimum absolute atomic E-state index is 0.0806. The van der Waals surface area contributed by atoms with Crippen molar-refractivity contribution in [3.05, 3.63) is 65.2 Å². The highest BCUT2D eigenvalue weighted by atomic mass is 16.5. The maximum Gasteiger partial charge on any atom is 0.224 e. The van der Waals surface area contributed by atoms with Gasteiger partial charge in [0.25, 0.3) is 0 Å². The van der Waals surface area contributed by atoms with Gasteiger partial charge in [-0.15, -0.1) is 0 Å². The molecular formula is C22H28N2O2. The summed E-state index contributed by atoms with van der Waals surface area (Å²) in [4.78, 5) is 14.9. The van der Waals surface area contributed by atoms with Crippen LogP contribution in [0.5, 0.6) is 5.75 Å². The minimum atomic E-state index is 0.0806. The van der Waals surface area contributed by atoms with E-state index in [-0.39, 0.29) is 11.9 Å². The number of methoxy groups -OCH3 is 1. The van der Waals surface area contributed by atoms with E-state index in [2.05, 4.69) is 22.3 Å². The molecule has 1 fully saturated rings. The molecule has 1 unspecified atom stereocenters. The first kappa shape index (κ1) is 18.5. The van der Waals surface area contributed by atoms with Gasteiger partial charge in [-0.2, -0.15) is 0 Å². The second kappa shape index (κ2) is 8.86. The van der Waals surface area contributed by atoms with Crippen LogP contribution in [0.1, 0.15) is 35.6 Å². The van der Waals surface area contributed by atoms with Gasteiger partial charge in [-0.3, -0.25) is 9.69 Å². The Hall–Kier alpha value is -2.33. The molecule has 1 heterocycles. The first-order valence-electron chi connectivity index (χ1n) is 9.36. The Bertz CT molecular complexity index is 721. The summed E-state index contributed by atoms with van der Waals surface area (Å²) in [6.45, 7) is 4.86. The number of rotatable bonds is 7. The summed E-state index contributed by atoms with van der Waals surface area (Å²) in [5.41, 5.74) is 3.48. The molecule has 1 aliphatic heterocycles. The molecule has 2 aromatic carbocycles. The predicted octanol–water partition coefficient (Wildman–Crippen LogP) is 3.50. The highest BCUT2D eigenvalue weighted by molar-refractivity contribution is 5.79. The van der Waals surface area contributed by atoms with Crippen LogP contribution in [-0.2, 0) is 11.2 Å². The highest BCUT2D eigenvalue weighted by Crippen LogP contribution is 2.26. The summed E-state index contributed by atoms with van der Waals surface area (Å²) in [6.07, 6.45) is 2.88. The number of aryl methyl sites for hydroxylation is 1. The SMILES string of the molecule is COc1ccc(C(CNC(=O)Cc2ccccc2C)N2CCCC2)cc1. The number of benzene rings is 2. The Morgan fingerprint density at radius 2 is 1.81 bits per heavy atom. The molecule has 0 bridgehead atoms. The number of carbonyl (C=O) groups excluding carboxylic acids is 1. The number of nitrogens with one attached hydrogen (secondary N) is 1. The van der Waals surface area contributed by atoms with E-state index in [9.17, 15) is 4.79 Å². The van der Waals surface area contributed by atoms with E-state index >= 15 is 0 Å². The van der Waals surface area contributed by atoms with E-state index in [1.807, 2.05) is 43.3 Å². The standard InChI is InChI=1S/C22H28N2O2/c1-17-7-3-4-8-19(17)15-22(25)23-16-21(24-13-5-6-14-24)18-9-11-20(26-2)12-10-18/h3-4,7-12,21H,5-6,13-16H2,1-2H3,(H,23,25). The third-order valence-corrected chi connectivity index (χ3v) is 5.19. The Balaban J connectivity index is 1.65. The van der Waals surface area contributed by atoms with Gasteiger partial charge in [0.05, 0.1) is 19.6 Å². The van der Waals surface area contributed by atoms with E-state index in [0.717, 1.165) is 30.0 Å². The normalized spacial score (nSPS) is 15.6. The number of hydrogen-bond donors (Lipinski definition) is 1. The molecule has 1 N–H and O–H groups in total. The fourth-order valence-electron chi connectivity index (χ4n) is 3.59. The third-order valence-electron chi connectivity index (χ3n) is 5.19. The summed E-state index contributed by atoms with van der Waals surface area (Å²) >= 11 is 0. The number of amides is 1. The second-order valence-electron chi connectivity index (χ2n) is 6.94. The number of likely N-dealkylation sites (tertiary alicyclic amines) is 1. The first-order valence-corrected chi connectivity index (χ1v) is 9.36. The van der Waals surface area contributed by atoms with Crippen LogP contribution in [0.3, 0.4) is 0 Å². The predicted molar refractivity (Wildman–Crippen MR) is 104 cm³/mol. The monoisotopic (exact) mass is 352 g/mol. The van der Waals surface area contributed by atoms with E-state index in [1.165, 1.54) is 18.4 Å². The third kappa shape index (κ3) is 4.64. The molecule has 1 atom stereocenters. The van der Waals surface area contributed by atoms with Crippen LogP contribution in [-0.4, -0.2) is 37.6 Å². The number of hydrogen-bond acceptors (Lipinski definition) is 3. The Morgan fingerprint density at radius 3 is 2.46 bits per heavy atom.